The van der Waals surface area contributed by atoms with Crippen LogP contribution in [0.1, 0.15) is 42.5 Å². The molecule has 1 saturated heterocycles. The van der Waals surface area contributed by atoms with E-state index in [9.17, 15) is 36.3 Å². The molecule has 216 valence electrons. The summed E-state index contributed by atoms with van der Waals surface area (Å²) in [6.45, 7) is 1.78. The number of halogens is 4. The van der Waals surface area contributed by atoms with E-state index in [0.29, 0.717) is 51.3 Å². The molecular formula is C27H28ClF3N2O6S. The van der Waals surface area contributed by atoms with Crippen LogP contribution in [0.2, 0.25) is 5.02 Å². The summed E-state index contributed by atoms with van der Waals surface area (Å²) in [5.41, 5.74) is -1.79. The SMILES string of the molecule is O=C(Nc1cc(F)c(F)c(F)c1)c1ccc(Cl)c(S(=O)(=O)[C@H]2CC3CCC(C2)[C@]3(O)CC(=O)N2CCOCC2)c1. The number of anilines is 1. The molecule has 2 aliphatic carbocycles. The summed E-state index contributed by atoms with van der Waals surface area (Å²) < 4.78 is 73.1. The van der Waals surface area contributed by atoms with E-state index in [0.717, 1.165) is 6.07 Å². The molecule has 0 aromatic heterocycles. The van der Waals surface area contributed by atoms with E-state index in [2.05, 4.69) is 5.32 Å². The number of nitrogens with one attached hydrogen (secondary N) is 1. The van der Waals surface area contributed by atoms with Gasteiger partial charge in [-0.15, -0.1) is 0 Å². The van der Waals surface area contributed by atoms with Crippen molar-refractivity contribution < 1.29 is 41.0 Å². The van der Waals surface area contributed by atoms with Gasteiger partial charge in [0.2, 0.25) is 5.91 Å². The quantitative estimate of drug-likeness (QED) is 0.486. The summed E-state index contributed by atoms with van der Waals surface area (Å²) in [7, 11) is -4.07. The molecule has 2 atom stereocenters. The first-order valence-electron chi connectivity index (χ1n) is 13.0. The van der Waals surface area contributed by atoms with E-state index in [1.165, 1.54) is 12.1 Å². The Morgan fingerprint density at radius 3 is 2.25 bits per heavy atom. The van der Waals surface area contributed by atoms with Gasteiger partial charge in [0.25, 0.3) is 5.91 Å². The van der Waals surface area contributed by atoms with E-state index in [1.54, 1.807) is 4.90 Å². The molecular weight excluding hydrogens is 573 g/mol. The van der Waals surface area contributed by atoms with Gasteiger partial charge in [-0.2, -0.15) is 0 Å². The van der Waals surface area contributed by atoms with Gasteiger partial charge in [-0.1, -0.05) is 11.6 Å². The second-order valence-corrected chi connectivity index (χ2v) is 13.2. The van der Waals surface area contributed by atoms with Gasteiger partial charge in [0.05, 0.1) is 40.4 Å². The minimum atomic E-state index is -4.07. The number of morpholine rings is 1. The van der Waals surface area contributed by atoms with Crippen molar-refractivity contribution in [3.63, 3.8) is 0 Å². The molecule has 2 amide bonds. The predicted octanol–water partition coefficient (Wildman–Crippen LogP) is 3.95. The fraction of sp³-hybridized carbons (Fsp3) is 0.481. The van der Waals surface area contributed by atoms with Crippen molar-refractivity contribution in [2.75, 3.05) is 31.6 Å². The number of benzene rings is 2. The highest BCUT2D eigenvalue weighted by atomic mass is 35.5. The number of nitrogens with zero attached hydrogens (tertiary/aromatic N) is 1. The Hall–Kier alpha value is -2.67. The third-order valence-corrected chi connectivity index (χ3v) is 11.0. The monoisotopic (exact) mass is 600 g/mol. The van der Waals surface area contributed by atoms with E-state index in [4.69, 9.17) is 16.3 Å². The average molecular weight is 601 g/mol. The van der Waals surface area contributed by atoms with Crippen molar-refractivity contribution in [3.05, 3.63) is 58.4 Å². The Kier molecular flexibility index (Phi) is 7.90. The summed E-state index contributed by atoms with van der Waals surface area (Å²) in [5.74, 6) is -6.52. The molecule has 13 heteroatoms. The van der Waals surface area contributed by atoms with Crippen LogP contribution in [-0.2, 0) is 19.4 Å². The van der Waals surface area contributed by atoms with Gasteiger partial charge >= 0.3 is 0 Å². The summed E-state index contributed by atoms with van der Waals surface area (Å²) in [6.07, 6.45) is 1.37. The van der Waals surface area contributed by atoms with E-state index < -0.39 is 55.9 Å². The van der Waals surface area contributed by atoms with Gasteiger partial charge in [0.1, 0.15) is 0 Å². The zero-order valence-corrected chi connectivity index (χ0v) is 22.9. The third kappa shape index (κ3) is 5.34. The van der Waals surface area contributed by atoms with Crippen LogP contribution in [0.5, 0.6) is 0 Å². The van der Waals surface area contributed by atoms with Crippen LogP contribution in [0.15, 0.2) is 35.2 Å². The van der Waals surface area contributed by atoms with Crippen molar-refractivity contribution in [1.29, 1.82) is 0 Å². The predicted molar refractivity (Wildman–Crippen MR) is 139 cm³/mol. The number of carbonyl (C=O) groups excluding carboxylic acids is 2. The van der Waals surface area contributed by atoms with E-state index in [-0.39, 0.29) is 46.3 Å². The topological polar surface area (TPSA) is 113 Å². The molecule has 40 heavy (non-hydrogen) atoms. The lowest BCUT2D eigenvalue weighted by atomic mass is 9.72. The maximum Gasteiger partial charge on any atom is 0.255 e. The summed E-state index contributed by atoms with van der Waals surface area (Å²) in [6, 6.07) is 4.80. The molecule has 1 aliphatic heterocycles. The van der Waals surface area contributed by atoms with Crippen LogP contribution in [0.3, 0.4) is 0 Å². The Morgan fingerprint density at radius 1 is 1.05 bits per heavy atom. The molecule has 1 heterocycles. The Bertz CT molecular complexity index is 1410. The molecule has 0 radical (unpaired) electrons. The summed E-state index contributed by atoms with van der Waals surface area (Å²) in [4.78, 5) is 27.0. The number of rotatable bonds is 6. The fourth-order valence-corrected chi connectivity index (χ4v) is 8.59. The highest BCUT2D eigenvalue weighted by Crippen LogP contribution is 2.53. The van der Waals surface area contributed by atoms with Crippen molar-refractivity contribution in [2.45, 2.75) is 47.9 Å². The van der Waals surface area contributed by atoms with Gasteiger partial charge in [0.15, 0.2) is 27.3 Å². The minimum absolute atomic E-state index is 0.0733. The van der Waals surface area contributed by atoms with Gasteiger partial charge in [-0.25, -0.2) is 21.6 Å². The normalized spacial score (nSPS) is 26.5. The van der Waals surface area contributed by atoms with Gasteiger partial charge in [0, 0.05) is 36.5 Å². The van der Waals surface area contributed by atoms with Crippen LogP contribution >= 0.6 is 11.6 Å². The lowest BCUT2D eigenvalue weighted by Gasteiger charge is -2.43. The zero-order valence-electron chi connectivity index (χ0n) is 21.3. The number of aliphatic hydroxyl groups is 1. The van der Waals surface area contributed by atoms with Gasteiger partial charge in [-0.05, 0) is 55.7 Å². The lowest BCUT2D eigenvalue weighted by molar-refractivity contribution is -0.146. The third-order valence-electron chi connectivity index (χ3n) is 8.35. The first-order valence-corrected chi connectivity index (χ1v) is 14.9. The smallest absolute Gasteiger partial charge is 0.255 e. The molecule has 3 aliphatic rings. The highest BCUT2D eigenvalue weighted by molar-refractivity contribution is 7.92. The molecule has 2 saturated carbocycles. The Morgan fingerprint density at radius 2 is 1.65 bits per heavy atom. The molecule has 2 bridgehead atoms. The van der Waals surface area contributed by atoms with Crippen molar-refractivity contribution in [2.24, 2.45) is 11.8 Å². The van der Waals surface area contributed by atoms with Crippen LogP contribution < -0.4 is 5.32 Å². The molecule has 2 aromatic rings. The number of fused-ring (bicyclic) bond motifs is 2. The zero-order chi connectivity index (χ0) is 28.8. The molecule has 8 nitrogen and oxygen atoms in total. The molecule has 2 N–H and O–H groups in total. The molecule has 3 fully saturated rings. The number of hydrogen-bond donors (Lipinski definition) is 2. The largest absolute Gasteiger partial charge is 0.389 e. The first kappa shape index (κ1) is 28.8. The maximum absolute atomic E-state index is 13.7. The number of ether oxygens (including phenoxy) is 1. The van der Waals surface area contributed by atoms with Gasteiger partial charge in [-0.3, -0.25) is 9.59 Å². The lowest BCUT2D eigenvalue weighted by Crippen LogP contribution is -2.52. The molecule has 2 unspecified atom stereocenters. The van der Waals surface area contributed by atoms with E-state index >= 15 is 0 Å². The number of carbonyl (C=O) groups is 2. The van der Waals surface area contributed by atoms with Crippen molar-refractivity contribution in [3.8, 4) is 0 Å². The van der Waals surface area contributed by atoms with Crippen LogP contribution in [0, 0.1) is 29.3 Å². The van der Waals surface area contributed by atoms with Crippen LogP contribution in [0.4, 0.5) is 18.9 Å². The highest BCUT2D eigenvalue weighted by Gasteiger charge is 2.56. The van der Waals surface area contributed by atoms with Crippen LogP contribution in [0.25, 0.3) is 0 Å². The Balaban J connectivity index is 1.33. The second kappa shape index (κ2) is 11.0. The average Bonchev–Trinajstić information content (AvgIpc) is 3.07. The van der Waals surface area contributed by atoms with Crippen molar-refractivity contribution >= 4 is 38.9 Å². The Labute approximate surface area is 234 Å². The van der Waals surface area contributed by atoms with Gasteiger partial charge < -0.3 is 20.1 Å². The van der Waals surface area contributed by atoms with Crippen LogP contribution in [-0.4, -0.2) is 67.4 Å². The standard InChI is InChI=1S/C27H28ClF3N2O6S/c28-20-4-1-15(26(35)32-18-12-21(29)25(31)22(30)13-18)9-23(20)40(37,38)19-10-16-2-3-17(11-19)27(16,36)14-24(34)33-5-7-39-8-6-33/h1,4,9,12-13,16-17,19,36H,2-3,5-8,10-11,14H2,(H,32,35)/t16?,17?,19-,27-. The maximum atomic E-state index is 13.7. The van der Waals surface area contributed by atoms with E-state index in [1.807, 2.05) is 0 Å². The summed E-state index contributed by atoms with van der Waals surface area (Å²) >= 11 is 6.26. The molecule has 2 aromatic carbocycles. The second-order valence-electron chi connectivity index (χ2n) is 10.6. The van der Waals surface area contributed by atoms with Crippen molar-refractivity contribution in [1.82, 2.24) is 4.90 Å². The summed E-state index contributed by atoms with van der Waals surface area (Å²) in [5, 5.41) is 12.8. The number of hydrogen-bond acceptors (Lipinski definition) is 6. The first-order chi connectivity index (χ1) is 18.9. The fourth-order valence-electron chi connectivity index (χ4n) is 6.19. The minimum Gasteiger partial charge on any atom is -0.389 e. The molecule has 0 spiro atoms. The molecule has 5 rings (SSSR count). The number of sulfone groups is 1. The number of amides is 2.